The lowest BCUT2D eigenvalue weighted by molar-refractivity contribution is -0.211. The Balaban J connectivity index is 1.27. The lowest BCUT2D eigenvalue weighted by Gasteiger charge is -2.43. The normalized spacial score (nSPS) is 19.6. The molecular weight excluding hydrogens is 801 g/mol. The lowest BCUT2D eigenvalue weighted by atomic mass is 9.99. The van der Waals surface area contributed by atoms with Crippen LogP contribution in [-0.2, 0) is 33.3 Å². The summed E-state index contributed by atoms with van der Waals surface area (Å²) in [5, 5.41) is 17.2. The van der Waals surface area contributed by atoms with Crippen molar-refractivity contribution >= 4 is 41.7 Å². The molecule has 6 rings (SSSR count). The Morgan fingerprint density at radius 2 is 1.10 bits per heavy atom. The molecule has 5 aromatic carbocycles. The molecule has 1 aliphatic rings. The molecule has 316 valence electrons. The number of benzene rings is 5. The fourth-order valence-electron chi connectivity index (χ4n) is 6.32. The van der Waals surface area contributed by atoms with E-state index in [1.54, 1.807) is 142 Å². The zero-order chi connectivity index (χ0) is 43.4. The molecule has 0 aromatic heterocycles. The van der Waals surface area contributed by atoms with Gasteiger partial charge in [0, 0.05) is 4.90 Å². The van der Waals surface area contributed by atoms with E-state index in [2.05, 4.69) is 10.6 Å². The molecule has 1 aliphatic heterocycles. The van der Waals surface area contributed by atoms with E-state index in [0.717, 1.165) is 11.8 Å². The highest BCUT2D eigenvalue weighted by Gasteiger charge is 2.51. The van der Waals surface area contributed by atoms with Gasteiger partial charge in [0.1, 0.15) is 35.9 Å². The topological polar surface area (TPSA) is 176 Å². The van der Waals surface area contributed by atoms with Gasteiger partial charge in [0.25, 0.3) is 0 Å². The summed E-state index contributed by atoms with van der Waals surface area (Å²) in [7, 11) is 0. The predicted molar refractivity (Wildman–Crippen MR) is 225 cm³/mol. The van der Waals surface area contributed by atoms with Gasteiger partial charge in [0.15, 0.2) is 18.2 Å². The Kier molecular flexibility index (Phi) is 14.9. The molecule has 0 unspecified atom stereocenters. The van der Waals surface area contributed by atoms with Gasteiger partial charge < -0.3 is 39.4 Å². The third-order valence-corrected chi connectivity index (χ3v) is 10.4. The summed E-state index contributed by atoms with van der Waals surface area (Å²) in [4.78, 5) is 68.9. The Morgan fingerprint density at radius 3 is 1.61 bits per heavy atom. The SMILES string of the molecule is CC(C)(C)OC(=O)N[C@H](C(=O)N[C@H](C(=O)OC[C@H]1O[C@@H](Sc2ccccc2)[C@H](OC(=O)c2ccccc2)[C@@H](OC(=O)c2ccccc2)[C@H]1O)c1ccccc1)c1ccccc1. The summed E-state index contributed by atoms with van der Waals surface area (Å²) in [5.74, 6) is -3.22. The minimum atomic E-state index is -1.69. The first-order valence-electron chi connectivity index (χ1n) is 19.5. The number of rotatable bonds is 14. The minimum absolute atomic E-state index is 0.181. The van der Waals surface area contributed by atoms with Crippen molar-refractivity contribution in [3.05, 3.63) is 174 Å². The zero-order valence-electron chi connectivity index (χ0n) is 33.6. The maximum atomic E-state index is 14.1. The second-order valence-corrected chi connectivity index (χ2v) is 16.1. The van der Waals surface area contributed by atoms with E-state index in [1.807, 2.05) is 18.2 Å². The smallest absolute Gasteiger partial charge is 0.408 e. The van der Waals surface area contributed by atoms with Gasteiger partial charge in [-0.1, -0.05) is 127 Å². The fraction of sp³-hybridized carbons (Fsp3) is 0.255. The van der Waals surface area contributed by atoms with Crippen LogP contribution in [0, 0.1) is 0 Å². The molecule has 0 spiro atoms. The third kappa shape index (κ3) is 12.3. The van der Waals surface area contributed by atoms with Crippen LogP contribution in [-0.4, -0.2) is 77.1 Å². The van der Waals surface area contributed by atoms with Crippen LogP contribution >= 0.6 is 11.8 Å². The quantitative estimate of drug-likeness (QED) is 0.0774. The minimum Gasteiger partial charge on any atom is -0.461 e. The predicted octanol–water partition coefficient (Wildman–Crippen LogP) is 6.98. The van der Waals surface area contributed by atoms with Crippen molar-refractivity contribution in [2.75, 3.05) is 6.61 Å². The number of hydrogen-bond donors (Lipinski definition) is 3. The van der Waals surface area contributed by atoms with Crippen LogP contribution in [0.2, 0.25) is 0 Å². The highest BCUT2D eigenvalue weighted by molar-refractivity contribution is 7.99. The van der Waals surface area contributed by atoms with E-state index in [9.17, 15) is 29.1 Å². The average Bonchev–Trinajstić information content (AvgIpc) is 3.27. The highest BCUT2D eigenvalue weighted by atomic mass is 32.2. The van der Waals surface area contributed by atoms with E-state index in [-0.39, 0.29) is 11.1 Å². The van der Waals surface area contributed by atoms with Crippen LogP contribution in [0.1, 0.15) is 64.7 Å². The number of amides is 2. The van der Waals surface area contributed by atoms with Gasteiger partial charge in [-0.05, 0) is 68.3 Å². The number of thioether (sulfide) groups is 1. The standard InChI is InChI=1S/C47H46N2O11S/c1-47(2,3)60-46(55)49-36(30-19-9-4-10-20-30)41(51)48-37(31-21-11-5-12-22-31)44(54)56-29-35-38(50)39(58-42(52)32-23-13-6-14-24-32)40(59-43(53)33-25-15-7-16-26-33)45(57-35)61-34-27-17-8-18-28-34/h4-28,35-40,45,50H,29H2,1-3H3,(H,48,51)(H,49,55)/t35-,36+,37+,38+,39+,40-,45+/m1/s1. The molecule has 0 bridgehead atoms. The van der Waals surface area contributed by atoms with Crippen LogP contribution in [0.25, 0.3) is 0 Å². The van der Waals surface area contributed by atoms with E-state index < -0.39 is 84.1 Å². The Morgan fingerprint density at radius 1 is 0.639 bits per heavy atom. The monoisotopic (exact) mass is 846 g/mol. The van der Waals surface area contributed by atoms with Gasteiger partial charge in [-0.25, -0.2) is 19.2 Å². The Hall–Kier alpha value is -6.48. The van der Waals surface area contributed by atoms with E-state index in [1.165, 1.54) is 12.1 Å². The van der Waals surface area contributed by atoms with Gasteiger partial charge in [0.2, 0.25) is 5.91 Å². The molecule has 2 amide bonds. The van der Waals surface area contributed by atoms with Gasteiger partial charge in [-0.2, -0.15) is 0 Å². The summed E-state index contributed by atoms with van der Waals surface area (Å²) in [6, 6.07) is 39.5. The van der Waals surface area contributed by atoms with Crippen molar-refractivity contribution in [2.24, 2.45) is 0 Å². The van der Waals surface area contributed by atoms with Crippen molar-refractivity contribution in [3.63, 3.8) is 0 Å². The number of esters is 3. The molecule has 0 saturated carbocycles. The molecule has 1 heterocycles. The summed E-state index contributed by atoms with van der Waals surface area (Å²) >= 11 is 1.15. The third-order valence-electron chi connectivity index (χ3n) is 9.22. The maximum absolute atomic E-state index is 14.1. The van der Waals surface area contributed by atoms with Crippen molar-refractivity contribution in [3.8, 4) is 0 Å². The van der Waals surface area contributed by atoms with Crippen LogP contribution in [0.3, 0.4) is 0 Å². The van der Waals surface area contributed by atoms with Gasteiger partial charge in [0.05, 0.1) is 11.1 Å². The van der Waals surface area contributed by atoms with Crippen LogP contribution in [0.4, 0.5) is 4.79 Å². The molecule has 1 saturated heterocycles. The molecule has 5 aromatic rings. The zero-order valence-corrected chi connectivity index (χ0v) is 34.4. The van der Waals surface area contributed by atoms with Crippen molar-refractivity contribution in [1.29, 1.82) is 0 Å². The number of alkyl carbamates (subject to hydrolysis) is 1. The Bertz CT molecular complexity index is 2230. The molecule has 7 atom stereocenters. The maximum Gasteiger partial charge on any atom is 0.408 e. The van der Waals surface area contributed by atoms with Crippen LogP contribution in [0.5, 0.6) is 0 Å². The van der Waals surface area contributed by atoms with E-state index in [0.29, 0.717) is 16.0 Å². The molecule has 3 N–H and O–H groups in total. The van der Waals surface area contributed by atoms with Gasteiger partial charge >= 0.3 is 24.0 Å². The second-order valence-electron chi connectivity index (χ2n) is 14.9. The molecule has 61 heavy (non-hydrogen) atoms. The molecular formula is C47H46N2O11S. The fourth-order valence-corrected chi connectivity index (χ4v) is 7.44. The summed E-state index contributed by atoms with van der Waals surface area (Å²) in [6.45, 7) is 4.48. The second kappa shape index (κ2) is 20.7. The number of aliphatic hydroxyl groups excluding tert-OH is 1. The lowest BCUT2D eigenvalue weighted by Crippen LogP contribution is -2.60. The number of carbonyl (C=O) groups is 5. The summed E-state index contributed by atoms with van der Waals surface area (Å²) in [5.41, 5.74) is -0.771. The molecule has 0 aliphatic carbocycles. The van der Waals surface area contributed by atoms with Crippen molar-refractivity contribution in [2.45, 2.75) is 73.2 Å². The van der Waals surface area contributed by atoms with Crippen LogP contribution in [0.15, 0.2) is 157 Å². The molecule has 0 radical (unpaired) electrons. The number of hydrogen-bond acceptors (Lipinski definition) is 12. The van der Waals surface area contributed by atoms with Crippen molar-refractivity contribution < 1.29 is 52.8 Å². The number of carbonyl (C=O) groups excluding carboxylic acids is 5. The molecule has 13 nitrogen and oxygen atoms in total. The number of nitrogens with one attached hydrogen (secondary N) is 2. The van der Waals surface area contributed by atoms with E-state index >= 15 is 0 Å². The average molecular weight is 847 g/mol. The first-order chi connectivity index (χ1) is 29.4. The first-order valence-corrected chi connectivity index (χ1v) is 20.4. The number of aliphatic hydroxyl groups is 1. The molecule has 14 heteroatoms. The highest BCUT2D eigenvalue weighted by Crippen LogP contribution is 2.37. The van der Waals surface area contributed by atoms with E-state index in [4.69, 9.17) is 23.7 Å². The summed E-state index contributed by atoms with van der Waals surface area (Å²) < 4.78 is 29.6. The Labute approximate surface area is 357 Å². The van der Waals surface area contributed by atoms with Crippen LogP contribution < -0.4 is 10.6 Å². The van der Waals surface area contributed by atoms with Gasteiger partial charge in [-0.3, -0.25) is 4.79 Å². The number of ether oxygens (including phenoxy) is 5. The van der Waals surface area contributed by atoms with Crippen molar-refractivity contribution in [1.82, 2.24) is 10.6 Å². The van der Waals surface area contributed by atoms with Gasteiger partial charge in [-0.15, -0.1) is 0 Å². The summed E-state index contributed by atoms with van der Waals surface area (Å²) in [6.07, 6.45) is -6.72. The largest absolute Gasteiger partial charge is 0.461 e. The first kappa shape index (κ1) is 44.1. The molecule has 1 fully saturated rings.